The number of nitrogens with zero attached hydrogens (tertiary/aromatic N) is 4. The van der Waals surface area contributed by atoms with Crippen LogP contribution >= 0.6 is 23.1 Å². The van der Waals surface area contributed by atoms with E-state index in [1.165, 1.54) is 16.7 Å². The van der Waals surface area contributed by atoms with E-state index in [0.29, 0.717) is 31.6 Å². The molecule has 3 atom stereocenters. The van der Waals surface area contributed by atoms with Crippen molar-refractivity contribution in [3.8, 4) is 6.07 Å². The molecule has 3 aromatic rings. The molecule has 0 aliphatic rings. The minimum absolute atomic E-state index is 0.0739. The lowest BCUT2D eigenvalue weighted by Crippen LogP contribution is -2.52. The first-order valence-corrected chi connectivity index (χ1v) is 19.0. The summed E-state index contributed by atoms with van der Waals surface area (Å²) in [6.07, 6.45) is 5.29. The van der Waals surface area contributed by atoms with Crippen LogP contribution in [0.15, 0.2) is 82.1 Å². The number of ether oxygens (including phenoxy) is 1. The molecule has 1 aromatic heterocycles. The topological polar surface area (TPSA) is 149 Å². The Hall–Kier alpha value is -4.67. The minimum Gasteiger partial charge on any atom is -0.444 e. The third kappa shape index (κ3) is 15.0. The molecule has 0 aliphatic heterocycles. The highest BCUT2D eigenvalue weighted by atomic mass is 32.2. The van der Waals surface area contributed by atoms with Crippen molar-refractivity contribution in [2.24, 2.45) is 4.99 Å². The molecule has 1 heterocycles. The van der Waals surface area contributed by atoms with Gasteiger partial charge in [-0.25, -0.2) is 14.6 Å². The number of amides is 4. The van der Waals surface area contributed by atoms with Crippen molar-refractivity contribution in [3.05, 3.63) is 99.0 Å². The van der Waals surface area contributed by atoms with Gasteiger partial charge in [0.15, 0.2) is 0 Å². The molecule has 272 valence electrons. The molecule has 51 heavy (non-hydrogen) atoms. The van der Waals surface area contributed by atoms with Crippen LogP contribution in [0.25, 0.3) is 0 Å². The molecule has 0 spiro atoms. The predicted molar refractivity (Wildman–Crippen MR) is 206 cm³/mol. The summed E-state index contributed by atoms with van der Waals surface area (Å²) in [4.78, 5) is 50.6. The van der Waals surface area contributed by atoms with Gasteiger partial charge in [-0.05, 0) is 56.2 Å². The molecule has 0 bridgehead atoms. The van der Waals surface area contributed by atoms with E-state index in [9.17, 15) is 19.6 Å². The first-order chi connectivity index (χ1) is 24.6. The molecule has 11 nitrogen and oxygen atoms in total. The maximum Gasteiger partial charge on any atom is 0.407 e. The number of aliphatic imine (C=N–C) groups is 1. The van der Waals surface area contributed by atoms with Crippen LogP contribution < -0.4 is 16.0 Å². The molecule has 3 unspecified atom stereocenters. The molecule has 0 fully saturated rings. The minimum atomic E-state index is -0.920. The van der Waals surface area contributed by atoms with Crippen LogP contribution in [0, 0.1) is 11.3 Å². The molecule has 13 heteroatoms. The van der Waals surface area contributed by atoms with Gasteiger partial charge in [-0.3, -0.25) is 9.79 Å². The molecule has 0 saturated heterocycles. The fourth-order valence-corrected chi connectivity index (χ4v) is 6.44. The van der Waals surface area contributed by atoms with Crippen LogP contribution in [0.4, 0.5) is 9.59 Å². The Morgan fingerprint density at radius 3 is 2.14 bits per heavy atom. The van der Waals surface area contributed by atoms with Gasteiger partial charge in [-0.15, -0.1) is 23.1 Å². The Labute approximate surface area is 310 Å². The molecular weight excluding hydrogens is 683 g/mol. The summed E-state index contributed by atoms with van der Waals surface area (Å²) in [6, 6.07) is 19.8. The SMILES string of the molecule is C=N/C=C(/COC(=O)NC(CCC(Cc1ccccc1)NC(=O)C(CCC#N)NC(=O)N(C)Cc1csc(C(C)C)n1)Cc1ccccc1)SC. The number of hydrogen-bond acceptors (Lipinski definition) is 9. The average molecular weight is 732 g/mol. The number of carbonyl (C=O) groups excluding carboxylic acids is 3. The second-order valence-electron chi connectivity index (χ2n) is 12.4. The molecule has 3 rings (SSSR count). The lowest BCUT2D eigenvalue weighted by molar-refractivity contribution is -0.123. The molecular formula is C38H49N7O4S2. The summed E-state index contributed by atoms with van der Waals surface area (Å²) in [5, 5.41) is 21.3. The summed E-state index contributed by atoms with van der Waals surface area (Å²) >= 11 is 2.98. The Kier molecular flexibility index (Phi) is 17.7. The maximum atomic E-state index is 13.8. The van der Waals surface area contributed by atoms with Gasteiger partial charge in [-0.2, -0.15) is 5.26 Å². The van der Waals surface area contributed by atoms with E-state index in [4.69, 9.17) is 4.74 Å². The van der Waals surface area contributed by atoms with E-state index in [2.05, 4.69) is 52.6 Å². The zero-order chi connectivity index (χ0) is 37.0. The van der Waals surface area contributed by atoms with E-state index >= 15 is 0 Å². The Balaban J connectivity index is 1.74. The number of carbonyl (C=O) groups is 3. The second-order valence-corrected chi connectivity index (χ2v) is 14.3. The molecule has 4 amide bonds. The summed E-state index contributed by atoms with van der Waals surface area (Å²) in [7, 11) is 1.65. The van der Waals surface area contributed by atoms with Crippen molar-refractivity contribution < 1.29 is 19.1 Å². The number of rotatable bonds is 20. The highest BCUT2D eigenvalue weighted by molar-refractivity contribution is 8.02. The molecule has 0 aliphatic carbocycles. The number of benzene rings is 2. The van der Waals surface area contributed by atoms with Crippen molar-refractivity contribution in [3.63, 3.8) is 0 Å². The van der Waals surface area contributed by atoms with Gasteiger partial charge in [0.1, 0.15) is 12.6 Å². The lowest BCUT2D eigenvalue weighted by atomic mass is 9.95. The van der Waals surface area contributed by atoms with Gasteiger partial charge in [0.2, 0.25) is 5.91 Å². The van der Waals surface area contributed by atoms with Crippen LogP contribution in [-0.4, -0.2) is 72.7 Å². The van der Waals surface area contributed by atoms with E-state index in [0.717, 1.165) is 26.7 Å². The Morgan fingerprint density at radius 2 is 1.61 bits per heavy atom. The van der Waals surface area contributed by atoms with Crippen LogP contribution in [0.2, 0.25) is 0 Å². The third-order valence-corrected chi connectivity index (χ3v) is 9.93. The van der Waals surface area contributed by atoms with Crippen molar-refractivity contribution >= 4 is 47.8 Å². The highest BCUT2D eigenvalue weighted by Gasteiger charge is 2.26. The van der Waals surface area contributed by atoms with Crippen LogP contribution in [0.5, 0.6) is 0 Å². The lowest BCUT2D eigenvalue weighted by Gasteiger charge is -2.27. The fourth-order valence-electron chi connectivity index (χ4n) is 5.26. The number of urea groups is 1. The normalized spacial score (nSPS) is 13.0. The molecule has 0 radical (unpaired) electrons. The van der Waals surface area contributed by atoms with Gasteiger partial charge in [0.05, 0.1) is 23.3 Å². The zero-order valence-electron chi connectivity index (χ0n) is 29.8. The number of aromatic nitrogens is 1. The Morgan fingerprint density at radius 1 is 1.00 bits per heavy atom. The quantitative estimate of drug-likeness (QED) is 0.108. The standard InChI is InChI=1S/C38H49N7O4S2/c1-27(2)36-42-32(26-51-36)24-45(4)37(47)44-34(17-12-20-39)35(46)41-30(21-28-13-8-6-9-14-28)18-19-31(22-29-15-10-7-11-16-29)43-38(48)49-25-33(50-5)23-40-3/h6-11,13-16,23,26-27,30-31,34H,3,12,17-19,21-22,24-25H2,1-2,4-5H3,(H,41,46)(H,43,48)(H,44,47)/b33-23-. The van der Waals surface area contributed by atoms with Crippen LogP contribution in [0.1, 0.15) is 67.3 Å². The van der Waals surface area contributed by atoms with Gasteiger partial charge in [-0.1, -0.05) is 74.5 Å². The van der Waals surface area contributed by atoms with Crippen molar-refractivity contribution in [2.75, 3.05) is 19.9 Å². The number of hydrogen-bond donors (Lipinski definition) is 3. The van der Waals surface area contributed by atoms with Gasteiger partial charge >= 0.3 is 12.1 Å². The first-order valence-electron chi connectivity index (χ1n) is 16.9. The molecule has 0 saturated carbocycles. The largest absolute Gasteiger partial charge is 0.444 e. The highest BCUT2D eigenvalue weighted by Crippen LogP contribution is 2.20. The second kappa shape index (κ2) is 22.2. The van der Waals surface area contributed by atoms with Gasteiger partial charge in [0, 0.05) is 48.0 Å². The average Bonchev–Trinajstić information content (AvgIpc) is 3.60. The summed E-state index contributed by atoms with van der Waals surface area (Å²) < 4.78 is 5.49. The van der Waals surface area contributed by atoms with Crippen molar-refractivity contribution in [2.45, 2.75) is 83.0 Å². The number of thioether (sulfide) groups is 1. The summed E-state index contributed by atoms with van der Waals surface area (Å²) in [5.74, 6) is -0.0809. The van der Waals surface area contributed by atoms with Crippen LogP contribution in [-0.2, 0) is 28.9 Å². The number of thiazole rings is 1. The van der Waals surface area contributed by atoms with Crippen molar-refractivity contribution in [1.29, 1.82) is 5.26 Å². The summed E-state index contributed by atoms with van der Waals surface area (Å²) in [6.45, 7) is 7.97. The van der Waals surface area contributed by atoms with E-state index in [1.807, 2.05) is 72.3 Å². The van der Waals surface area contributed by atoms with Gasteiger partial charge in [0.25, 0.3) is 0 Å². The zero-order valence-corrected chi connectivity index (χ0v) is 31.5. The fraction of sp³-hybridized carbons (Fsp3) is 0.421. The third-order valence-electron chi connectivity index (χ3n) is 7.99. The maximum absolute atomic E-state index is 13.8. The molecule has 2 aromatic carbocycles. The summed E-state index contributed by atoms with van der Waals surface area (Å²) in [5.41, 5.74) is 2.86. The van der Waals surface area contributed by atoms with E-state index < -0.39 is 18.2 Å². The van der Waals surface area contributed by atoms with Crippen LogP contribution in [0.3, 0.4) is 0 Å². The number of alkyl carbamates (subject to hydrolysis) is 1. The molecule has 3 N–H and O–H groups in total. The van der Waals surface area contributed by atoms with E-state index in [-0.39, 0.29) is 44.0 Å². The predicted octanol–water partition coefficient (Wildman–Crippen LogP) is 6.83. The Bertz CT molecular complexity index is 1610. The van der Waals surface area contributed by atoms with E-state index in [1.54, 1.807) is 24.6 Å². The first kappa shape index (κ1) is 40.8. The number of nitrogens with one attached hydrogen (secondary N) is 3. The number of nitriles is 1. The smallest absolute Gasteiger partial charge is 0.407 e. The van der Waals surface area contributed by atoms with Crippen molar-refractivity contribution in [1.82, 2.24) is 25.8 Å². The monoisotopic (exact) mass is 731 g/mol. The van der Waals surface area contributed by atoms with Gasteiger partial charge < -0.3 is 25.6 Å².